The Bertz CT molecular complexity index is 434. The number of hydrogen-bond acceptors (Lipinski definition) is 5. The van der Waals surface area contributed by atoms with E-state index in [0.29, 0.717) is 5.57 Å². The minimum atomic E-state index is -1.18. The molecule has 0 aliphatic carbocycles. The van der Waals surface area contributed by atoms with Crippen LogP contribution in [0.2, 0.25) is 0 Å². The standard InChI is InChI=1S/C14H19NO4/c1-10(6-9-15-7-4-5-8-15)11-12(16)18-14(2,3)19-13(11)17/h6,9H,4-5,7-8H2,1-3H3/b9-6+. The second kappa shape index (κ2) is 5.07. The quantitative estimate of drug-likeness (QED) is 0.432. The van der Waals surface area contributed by atoms with Crippen molar-refractivity contribution in [1.82, 2.24) is 4.90 Å². The van der Waals surface area contributed by atoms with Crippen molar-refractivity contribution in [2.45, 2.75) is 39.4 Å². The van der Waals surface area contributed by atoms with Crippen LogP contribution in [0.4, 0.5) is 0 Å². The lowest BCUT2D eigenvalue weighted by molar-refractivity contribution is -0.222. The summed E-state index contributed by atoms with van der Waals surface area (Å²) in [6.45, 7) is 6.81. The first-order valence-electron chi connectivity index (χ1n) is 6.49. The van der Waals surface area contributed by atoms with Crippen molar-refractivity contribution in [2.24, 2.45) is 0 Å². The molecule has 0 unspecified atom stereocenters. The SMILES string of the molecule is CC(/C=C/N1CCCC1)=C1C(=O)OC(C)(C)OC1=O. The third-order valence-electron chi connectivity index (χ3n) is 3.16. The zero-order chi connectivity index (χ0) is 14.0. The normalized spacial score (nSPS) is 22.7. The predicted octanol–water partition coefficient (Wildman–Crippen LogP) is 1.75. The second-order valence-electron chi connectivity index (χ2n) is 5.30. The van der Waals surface area contributed by atoms with Crippen LogP contribution in [0.1, 0.15) is 33.6 Å². The molecule has 0 bridgehead atoms. The van der Waals surface area contributed by atoms with Crippen molar-refractivity contribution in [1.29, 1.82) is 0 Å². The molecular weight excluding hydrogens is 246 g/mol. The van der Waals surface area contributed by atoms with E-state index in [1.165, 1.54) is 26.7 Å². The Morgan fingerprint density at radius 3 is 2.21 bits per heavy atom. The van der Waals surface area contributed by atoms with Crippen LogP contribution in [0, 0.1) is 0 Å². The molecule has 19 heavy (non-hydrogen) atoms. The van der Waals surface area contributed by atoms with Crippen LogP contribution in [-0.2, 0) is 19.1 Å². The van der Waals surface area contributed by atoms with E-state index in [9.17, 15) is 9.59 Å². The molecule has 0 aromatic rings. The van der Waals surface area contributed by atoms with E-state index < -0.39 is 17.7 Å². The molecule has 2 rings (SSSR count). The fourth-order valence-electron chi connectivity index (χ4n) is 2.17. The van der Waals surface area contributed by atoms with E-state index in [0.717, 1.165) is 13.1 Å². The summed E-state index contributed by atoms with van der Waals surface area (Å²) in [6.07, 6.45) is 6.04. The predicted molar refractivity (Wildman–Crippen MR) is 68.9 cm³/mol. The second-order valence-corrected chi connectivity index (χ2v) is 5.30. The van der Waals surface area contributed by atoms with E-state index in [1.54, 1.807) is 13.0 Å². The molecule has 0 aromatic carbocycles. The Morgan fingerprint density at radius 2 is 1.68 bits per heavy atom. The van der Waals surface area contributed by atoms with E-state index in [4.69, 9.17) is 9.47 Å². The number of ether oxygens (including phenoxy) is 2. The van der Waals surface area contributed by atoms with Gasteiger partial charge in [0.05, 0.1) is 0 Å². The van der Waals surface area contributed by atoms with E-state index in [-0.39, 0.29) is 5.57 Å². The third kappa shape index (κ3) is 3.16. The molecule has 2 fully saturated rings. The minimum Gasteiger partial charge on any atom is -0.419 e. The maximum Gasteiger partial charge on any atom is 0.349 e. The van der Waals surface area contributed by atoms with Gasteiger partial charge in [-0.1, -0.05) is 0 Å². The Hall–Kier alpha value is -1.78. The zero-order valence-corrected chi connectivity index (χ0v) is 11.6. The van der Waals surface area contributed by atoms with Gasteiger partial charge in [0, 0.05) is 26.9 Å². The summed E-state index contributed by atoms with van der Waals surface area (Å²) in [5.41, 5.74) is 0.548. The first-order chi connectivity index (χ1) is 8.89. The number of allylic oxidation sites excluding steroid dienone is 2. The Balaban J connectivity index is 2.15. The van der Waals surface area contributed by atoms with Gasteiger partial charge < -0.3 is 14.4 Å². The Kier molecular flexibility index (Phi) is 3.64. The average Bonchev–Trinajstić information content (AvgIpc) is 2.76. The number of nitrogens with zero attached hydrogens (tertiary/aromatic N) is 1. The molecule has 0 atom stereocenters. The first kappa shape index (κ1) is 13.6. The highest BCUT2D eigenvalue weighted by atomic mass is 16.7. The van der Waals surface area contributed by atoms with Crippen molar-refractivity contribution in [3.63, 3.8) is 0 Å². The molecule has 2 saturated heterocycles. The maximum atomic E-state index is 11.8. The molecule has 2 aliphatic rings. The van der Waals surface area contributed by atoms with Gasteiger partial charge in [-0.15, -0.1) is 0 Å². The minimum absolute atomic E-state index is 0.0187. The monoisotopic (exact) mass is 265 g/mol. The van der Waals surface area contributed by atoms with Crippen LogP contribution in [0.25, 0.3) is 0 Å². The van der Waals surface area contributed by atoms with Crippen LogP contribution >= 0.6 is 0 Å². The lowest BCUT2D eigenvalue weighted by Gasteiger charge is -2.30. The zero-order valence-electron chi connectivity index (χ0n) is 11.6. The Labute approximate surface area is 112 Å². The van der Waals surface area contributed by atoms with Gasteiger partial charge in [0.25, 0.3) is 5.79 Å². The van der Waals surface area contributed by atoms with Crippen molar-refractivity contribution >= 4 is 11.9 Å². The molecule has 0 saturated carbocycles. The molecule has 0 amide bonds. The van der Waals surface area contributed by atoms with Gasteiger partial charge in [-0.2, -0.15) is 0 Å². The highest BCUT2D eigenvalue weighted by Gasteiger charge is 2.39. The highest BCUT2D eigenvalue weighted by Crippen LogP contribution is 2.25. The Morgan fingerprint density at radius 1 is 1.16 bits per heavy atom. The summed E-state index contributed by atoms with van der Waals surface area (Å²) in [4.78, 5) is 25.8. The number of likely N-dealkylation sites (tertiary alicyclic amines) is 1. The molecule has 5 nitrogen and oxygen atoms in total. The van der Waals surface area contributed by atoms with Crippen molar-refractivity contribution in [3.8, 4) is 0 Å². The van der Waals surface area contributed by atoms with Gasteiger partial charge >= 0.3 is 11.9 Å². The summed E-state index contributed by atoms with van der Waals surface area (Å²) in [7, 11) is 0. The number of cyclic esters (lactones) is 2. The number of carbonyl (C=O) groups is 2. The molecular formula is C14H19NO4. The molecule has 2 heterocycles. The molecule has 0 N–H and O–H groups in total. The van der Waals surface area contributed by atoms with Gasteiger partial charge in [0.1, 0.15) is 5.57 Å². The molecule has 104 valence electrons. The van der Waals surface area contributed by atoms with Crippen molar-refractivity contribution in [3.05, 3.63) is 23.4 Å². The van der Waals surface area contributed by atoms with Crippen LogP contribution in [0.15, 0.2) is 23.4 Å². The molecule has 0 radical (unpaired) electrons. The summed E-state index contributed by atoms with van der Waals surface area (Å²) in [5, 5.41) is 0. The molecule has 0 aromatic heterocycles. The molecule has 2 aliphatic heterocycles. The summed E-state index contributed by atoms with van der Waals surface area (Å²) >= 11 is 0. The first-order valence-corrected chi connectivity index (χ1v) is 6.49. The number of hydrogen-bond donors (Lipinski definition) is 0. The smallest absolute Gasteiger partial charge is 0.349 e. The molecule has 5 heteroatoms. The van der Waals surface area contributed by atoms with Crippen molar-refractivity contribution in [2.75, 3.05) is 13.1 Å². The number of esters is 2. The maximum absolute atomic E-state index is 11.8. The lowest BCUT2D eigenvalue weighted by Crippen LogP contribution is -2.42. The summed E-state index contributed by atoms with van der Waals surface area (Å²) in [6, 6.07) is 0. The van der Waals surface area contributed by atoms with Crippen LogP contribution < -0.4 is 0 Å². The van der Waals surface area contributed by atoms with E-state index in [2.05, 4.69) is 4.90 Å². The number of carbonyl (C=O) groups excluding carboxylic acids is 2. The van der Waals surface area contributed by atoms with Crippen LogP contribution in [0.5, 0.6) is 0 Å². The van der Waals surface area contributed by atoms with Gasteiger partial charge in [-0.25, -0.2) is 9.59 Å². The van der Waals surface area contributed by atoms with Gasteiger partial charge in [0.15, 0.2) is 0 Å². The summed E-state index contributed by atoms with van der Waals surface area (Å²) in [5.74, 6) is -2.42. The van der Waals surface area contributed by atoms with Crippen molar-refractivity contribution < 1.29 is 19.1 Å². The molecule has 0 spiro atoms. The third-order valence-corrected chi connectivity index (χ3v) is 3.16. The average molecular weight is 265 g/mol. The van der Waals surface area contributed by atoms with Crippen LogP contribution in [-0.4, -0.2) is 35.7 Å². The van der Waals surface area contributed by atoms with Gasteiger partial charge in [-0.3, -0.25) is 0 Å². The highest BCUT2D eigenvalue weighted by molar-refractivity contribution is 6.16. The van der Waals surface area contributed by atoms with E-state index in [1.807, 2.05) is 6.20 Å². The number of rotatable bonds is 2. The topological polar surface area (TPSA) is 55.8 Å². The van der Waals surface area contributed by atoms with Gasteiger partial charge in [-0.05, 0) is 37.6 Å². The largest absolute Gasteiger partial charge is 0.419 e. The summed E-state index contributed by atoms with van der Waals surface area (Å²) < 4.78 is 10.1. The van der Waals surface area contributed by atoms with Gasteiger partial charge in [0.2, 0.25) is 0 Å². The fraction of sp³-hybridized carbons (Fsp3) is 0.571. The fourth-order valence-corrected chi connectivity index (χ4v) is 2.17. The lowest BCUT2D eigenvalue weighted by atomic mass is 10.1. The van der Waals surface area contributed by atoms with Crippen LogP contribution in [0.3, 0.4) is 0 Å². The van der Waals surface area contributed by atoms with E-state index >= 15 is 0 Å².